The zero-order chi connectivity index (χ0) is 12.1. The van der Waals surface area contributed by atoms with E-state index in [0.29, 0.717) is 18.8 Å². The summed E-state index contributed by atoms with van der Waals surface area (Å²) in [7, 11) is 3.53. The van der Waals surface area contributed by atoms with Crippen LogP contribution in [0.1, 0.15) is 5.56 Å². The van der Waals surface area contributed by atoms with Gasteiger partial charge in [-0.1, -0.05) is 6.07 Å². The minimum Gasteiger partial charge on any atom is -0.398 e. The van der Waals surface area contributed by atoms with Gasteiger partial charge < -0.3 is 11.1 Å². The maximum absolute atomic E-state index is 11.1. The average Bonchev–Trinajstić information content (AvgIpc) is 2.23. The molecule has 0 saturated heterocycles. The predicted molar refractivity (Wildman–Crippen MR) is 69.0 cm³/mol. The van der Waals surface area contributed by atoms with Crippen molar-refractivity contribution in [2.75, 3.05) is 26.4 Å². The molecule has 16 heavy (non-hydrogen) atoms. The zero-order valence-corrected chi connectivity index (χ0v) is 11.0. The third-order valence-electron chi connectivity index (χ3n) is 2.21. The van der Waals surface area contributed by atoms with Crippen LogP contribution < -0.4 is 11.1 Å². The number of anilines is 1. The van der Waals surface area contributed by atoms with E-state index in [1.807, 2.05) is 30.1 Å². The number of carbonyl (C=O) groups is 1. The van der Waals surface area contributed by atoms with E-state index in [1.165, 1.54) is 0 Å². The Bertz CT molecular complexity index is 381. The van der Waals surface area contributed by atoms with Gasteiger partial charge in [-0.05, 0) is 40.7 Å². The van der Waals surface area contributed by atoms with Crippen molar-refractivity contribution in [3.05, 3.63) is 28.2 Å². The highest BCUT2D eigenvalue weighted by Crippen LogP contribution is 2.20. The van der Waals surface area contributed by atoms with Gasteiger partial charge in [-0.25, -0.2) is 0 Å². The number of nitrogens with zero attached hydrogens (tertiary/aromatic N) is 1. The molecule has 88 valence electrons. The molecule has 0 radical (unpaired) electrons. The summed E-state index contributed by atoms with van der Waals surface area (Å²) in [5.41, 5.74) is 7.58. The molecule has 0 saturated carbocycles. The third kappa shape index (κ3) is 3.83. The van der Waals surface area contributed by atoms with Crippen LogP contribution in [0.15, 0.2) is 22.7 Å². The number of nitrogens with one attached hydrogen (secondary N) is 1. The molecule has 0 heterocycles. The number of benzene rings is 1. The third-order valence-corrected chi connectivity index (χ3v) is 2.93. The summed E-state index contributed by atoms with van der Waals surface area (Å²) in [4.78, 5) is 13.1. The van der Waals surface area contributed by atoms with E-state index in [1.54, 1.807) is 7.05 Å². The quantitative estimate of drug-likeness (QED) is 0.818. The molecule has 0 aromatic heterocycles. The number of likely N-dealkylation sites (N-methyl/N-ethyl adjacent to an activating group) is 2. The van der Waals surface area contributed by atoms with Crippen LogP contribution in [-0.2, 0) is 11.3 Å². The fraction of sp³-hybridized carbons (Fsp3) is 0.364. The number of carbonyl (C=O) groups excluding carboxylic acids is 1. The van der Waals surface area contributed by atoms with E-state index in [4.69, 9.17) is 5.73 Å². The number of hydrogen-bond donors (Lipinski definition) is 2. The van der Waals surface area contributed by atoms with E-state index in [-0.39, 0.29) is 5.91 Å². The van der Waals surface area contributed by atoms with E-state index < -0.39 is 0 Å². The summed E-state index contributed by atoms with van der Waals surface area (Å²) in [5, 5.41) is 2.59. The molecule has 0 atom stereocenters. The number of halogens is 1. The molecule has 0 aliphatic heterocycles. The van der Waals surface area contributed by atoms with Crippen molar-refractivity contribution >= 4 is 27.5 Å². The highest BCUT2D eigenvalue weighted by Gasteiger charge is 2.06. The van der Waals surface area contributed by atoms with Crippen LogP contribution in [0.3, 0.4) is 0 Å². The lowest BCUT2D eigenvalue weighted by Crippen LogP contribution is -2.32. The van der Waals surface area contributed by atoms with Crippen LogP contribution in [0.2, 0.25) is 0 Å². The summed E-state index contributed by atoms with van der Waals surface area (Å²) < 4.78 is 0.894. The first-order chi connectivity index (χ1) is 7.52. The molecule has 1 amide bonds. The molecule has 1 aromatic carbocycles. The molecule has 0 bridgehead atoms. The molecule has 0 aliphatic carbocycles. The number of nitrogen functional groups attached to an aromatic ring is 1. The van der Waals surface area contributed by atoms with Gasteiger partial charge in [0.15, 0.2) is 0 Å². The van der Waals surface area contributed by atoms with Gasteiger partial charge in [0, 0.05) is 23.8 Å². The van der Waals surface area contributed by atoms with Gasteiger partial charge in [-0.2, -0.15) is 0 Å². The summed E-state index contributed by atoms with van der Waals surface area (Å²) in [6.07, 6.45) is 0. The standard InChI is InChI=1S/C11H16BrN3O/c1-14-11(16)7-15(2)6-8-3-4-9(12)10(13)5-8/h3-5H,6-7,13H2,1-2H3,(H,14,16). The topological polar surface area (TPSA) is 58.4 Å². The van der Waals surface area contributed by atoms with Crippen LogP contribution >= 0.6 is 15.9 Å². The molecule has 0 fully saturated rings. The van der Waals surface area contributed by atoms with Crippen LogP contribution in [0.4, 0.5) is 5.69 Å². The van der Waals surface area contributed by atoms with E-state index >= 15 is 0 Å². The monoisotopic (exact) mass is 285 g/mol. The Kier molecular flexibility index (Phi) is 4.76. The van der Waals surface area contributed by atoms with E-state index in [9.17, 15) is 4.79 Å². The first kappa shape index (κ1) is 13.0. The predicted octanol–water partition coefficient (Wildman–Crippen LogP) is 1.21. The number of nitrogens with two attached hydrogens (primary N) is 1. The molecular weight excluding hydrogens is 270 g/mol. The van der Waals surface area contributed by atoms with Gasteiger partial charge in [0.2, 0.25) is 5.91 Å². The minimum atomic E-state index is 0.00702. The molecule has 3 N–H and O–H groups in total. The normalized spacial score (nSPS) is 10.5. The summed E-state index contributed by atoms with van der Waals surface area (Å²) in [5.74, 6) is 0.00702. The Morgan fingerprint density at radius 3 is 2.81 bits per heavy atom. The first-order valence-electron chi connectivity index (χ1n) is 4.96. The van der Waals surface area contributed by atoms with Gasteiger partial charge in [0.25, 0.3) is 0 Å². The van der Waals surface area contributed by atoms with Crippen molar-refractivity contribution in [2.24, 2.45) is 0 Å². The maximum atomic E-state index is 11.1. The fourth-order valence-electron chi connectivity index (χ4n) is 1.38. The summed E-state index contributed by atoms with van der Waals surface area (Å²) in [6.45, 7) is 1.08. The first-order valence-corrected chi connectivity index (χ1v) is 5.75. The van der Waals surface area contributed by atoms with Crippen molar-refractivity contribution in [3.8, 4) is 0 Å². The van der Waals surface area contributed by atoms with Crippen LogP contribution in [0, 0.1) is 0 Å². The SMILES string of the molecule is CNC(=O)CN(C)Cc1ccc(Br)c(N)c1. The number of rotatable bonds is 4. The van der Waals surface area contributed by atoms with Crippen molar-refractivity contribution in [1.82, 2.24) is 10.2 Å². The van der Waals surface area contributed by atoms with Crippen molar-refractivity contribution < 1.29 is 4.79 Å². The van der Waals surface area contributed by atoms with E-state index in [2.05, 4.69) is 21.2 Å². The van der Waals surface area contributed by atoms with Gasteiger partial charge in [-0.15, -0.1) is 0 Å². The zero-order valence-electron chi connectivity index (χ0n) is 9.46. The van der Waals surface area contributed by atoms with Crippen molar-refractivity contribution in [3.63, 3.8) is 0 Å². The molecule has 1 aromatic rings. The second-order valence-corrected chi connectivity index (χ2v) is 4.56. The van der Waals surface area contributed by atoms with Crippen molar-refractivity contribution in [1.29, 1.82) is 0 Å². The van der Waals surface area contributed by atoms with Gasteiger partial charge in [-0.3, -0.25) is 9.69 Å². The second-order valence-electron chi connectivity index (χ2n) is 3.70. The summed E-state index contributed by atoms with van der Waals surface area (Å²) >= 11 is 3.34. The maximum Gasteiger partial charge on any atom is 0.233 e. The Hall–Kier alpha value is -1.07. The van der Waals surface area contributed by atoms with Crippen LogP contribution in [-0.4, -0.2) is 31.4 Å². The highest BCUT2D eigenvalue weighted by atomic mass is 79.9. The smallest absolute Gasteiger partial charge is 0.233 e. The molecule has 5 heteroatoms. The largest absolute Gasteiger partial charge is 0.398 e. The molecule has 0 aliphatic rings. The molecule has 4 nitrogen and oxygen atoms in total. The van der Waals surface area contributed by atoms with Crippen LogP contribution in [0.5, 0.6) is 0 Å². The van der Waals surface area contributed by atoms with Crippen molar-refractivity contribution in [2.45, 2.75) is 6.54 Å². The lowest BCUT2D eigenvalue weighted by Gasteiger charge is -2.16. The highest BCUT2D eigenvalue weighted by molar-refractivity contribution is 9.10. The molecule has 0 unspecified atom stereocenters. The average molecular weight is 286 g/mol. The van der Waals surface area contributed by atoms with E-state index in [0.717, 1.165) is 10.0 Å². The Morgan fingerprint density at radius 1 is 1.56 bits per heavy atom. The van der Waals surface area contributed by atoms with Gasteiger partial charge >= 0.3 is 0 Å². The summed E-state index contributed by atoms with van der Waals surface area (Å²) in [6, 6.07) is 5.81. The van der Waals surface area contributed by atoms with Gasteiger partial charge in [0.05, 0.1) is 6.54 Å². The molecular formula is C11H16BrN3O. The second kappa shape index (κ2) is 5.86. The molecule has 0 spiro atoms. The van der Waals surface area contributed by atoms with Gasteiger partial charge in [0.1, 0.15) is 0 Å². The Morgan fingerprint density at radius 2 is 2.25 bits per heavy atom. The van der Waals surface area contributed by atoms with Crippen LogP contribution in [0.25, 0.3) is 0 Å². The number of hydrogen-bond acceptors (Lipinski definition) is 3. The minimum absolute atomic E-state index is 0.00702. The number of amides is 1. The fourth-order valence-corrected chi connectivity index (χ4v) is 1.63. The molecule has 1 rings (SSSR count). The lowest BCUT2D eigenvalue weighted by molar-refractivity contribution is -0.121. The Balaban J connectivity index is 2.59. The lowest BCUT2D eigenvalue weighted by atomic mass is 10.2. The Labute approximate surface area is 104 Å².